The molecule has 10 heteroatoms. The van der Waals surface area contributed by atoms with Crippen LogP contribution in [0.4, 0.5) is 8.78 Å². The molecule has 3 aromatic rings. The van der Waals surface area contributed by atoms with Gasteiger partial charge in [0.25, 0.3) is 0 Å². The van der Waals surface area contributed by atoms with Crippen LogP contribution in [0.5, 0.6) is 17.2 Å². The van der Waals surface area contributed by atoms with E-state index in [4.69, 9.17) is 30.5 Å². The third-order valence-corrected chi connectivity index (χ3v) is 6.28. The van der Waals surface area contributed by atoms with Gasteiger partial charge in [0, 0.05) is 41.5 Å². The first-order valence-corrected chi connectivity index (χ1v) is 13.4. The average Bonchev–Trinajstić information content (AvgIpc) is 2.96. The first kappa shape index (κ1) is 31.4. The number of halogens is 3. The minimum Gasteiger partial charge on any atom is -0.488 e. The van der Waals surface area contributed by atoms with E-state index in [2.05, 4.69) is 10.6 Å². The van der Waals surface area contributed by atoms with Crippen LogP contribution < -0.4 is 20.1 Å². The summed E-state index contributed by atoms with van der Waals surface area (Å²) in [5.74, 6) is -1.17. The van der Waals surface area contributed by atoms with Crippen LogP contribution in [0.25, 0.3) is 11.1 Å². The number of ether oxygens (including phenoxy) is 4. The van der Waals surface area contributed by atoms with Crippen molar-refractivity contribution in [2.24, 2.45) is 0 Å². The van der Waals surface area contributed by atoms with Crippen LogP contribution in [0.15, 0.2) is 48.5 Å². The Bertz CT molecular complexity index is 1240. The maximum absolute atomic E-state index is 15.9. The van der Waals surface area contributed by atoms with E-state index < -0.39 is 11.6 Å². The predicted molar refractivity (Wildman–Crippen MR) is 151 cm³/mol. The van der Waals surface area contributed by atoms with Crippen LogP contribution in [-0.4, -0.2) is 53.5 Å². The fraction of sp³-hybridized carbons (Fsp3) is 0.367. The van der Waals surface area contributed by atoms with Crippen molar-refractivity contribution in [2.45, 2.75) is 32.1 Å². The first-order chi connectivity index (χ1) is 19.4. The van der Waals surface area contributed by atoms with E-state index >= 15 is 8.78 Å². The largest absolute Gasteiger partial charge is 0.488 e. The standard InChI is InChI=1S/C28H28ClF2NO5.C2H7N/c1-32-16-20-23(37-19-7-3-2-4-8-19)15-21(30)27(29)26(20)25-18(17-33)10-11-22(28(25)31)34-13-14-36-24-9-5-6-12-35-24;1-3-2/h2-4,7-8,10-11,15,17,24,32H,5-6,9,12-14,16H2,1H3;3H,1-2H3. The lowest BCUT2D eigenvalue weighted by atomic mass is 9.93. The number of benzene rings is 3. The molecule has 1 unspecified atom stereocenters. The normalized spacial score (nSPS) is 14.7. The molecule has 0 spiro atoms. The van der Waals surface area contributed by atoms with Crippen molar-refractivity contribution >= 4 is 17.9 Å². The van der Waals surface area contributed by atoms with E-state index in [1.54, 1.807) is 31.3 Å². The van der Waals surface area contributed by atoms with Gasteiger partial charge in [-0.25, -0.2) is 8.78 Å². The van der Waals surface area contributed by atoms with Gasteiger partial charge in [-0.1, -0.05) is 29.8 Å². The van der Waals surface area contributed by atoms with Crippen LogP contribution in [0.2, 0.25) is 5.02 Å². The minimum atomic E-state index is -0.839. The van der Waals surface area contributed by atoms with Crippen LogP contribution in [0.1, 0.15) is 35.2 Å². The fourth-order valence-corrected chi connectivity index (χ4v) is 4.43. The van der Waals surface area contributed by atoms with Crippen molar-refractivity contribution in [2.75, 3.05) is 41.0 Å². The van der Waals surface area contributed by atoms with Gasteiger partial charge in [0.15, 0.2) is 24.1 Å². The highest BCUT2D eigenvalue weighted by Crippen LogP contribution is 2.44. The molecule has 0 bridgehead atoms. The van der Waals surface area contributed by atoms with Crippen molar-refractivity contribution in [3.05, 3.63) is 76.3 Å². The molecule has 0 aliphatic carbocycles. The summed E-state index contributed by atoms with van der Waals surface area (Å²) in [6.45, 7) is 1.06. The number of nitrogens with one attached hydrogen (secondary N) is 2. The Hall–Kier alpha value is -3.08. The van der Waals surface area contributed by atoms with Gasteiger partial charge in [0.1, 0.15) is 23.9 Å². The maximum Gasteiger partial charge on any atom is 0.173 e. The lowest BCUT2D eigenvalue weighted by Gasteiger charge is -2.23. The molecule has 40 heavy (non-hydrogen) atoms. The molecule has 0 radical (unpaired) electrons. The van der Waals surface area contributed by atoms with Gasteiger partial charge in [-0.05, 0) is 64.7 Å². The van der Waals surface area contributed by atoms with Crippen molar-refractivity contribution in [3.63, 3.8) is 0 Å². The zero-order valence-corrected chi connectivity index (χ0v) is 23.7. The van der Waals surface area contributed by atoms with E-state index in [0.29, 0.717) is 24.2 Å². The summed E-state index contributed by atoms with van der Waals surface area (Å²) in [7, 11) is 5.43. The maximum atomic E-state index is 15.9. The van der Waals surface area contributed by atoms with Crippen LogP contribution in [0.3, 0.4) is 0 Å². The highest BCUT2D eigenvalue weighted by Gasteiger charge is 2.26. The second-order valence-electron chi connectivity index (χ2n) is 8.94. The second kappa shape index (κ2) is 16.2. The van der Waals surface area contributed by atoms with E-state index in [9.17, 15) is 4.79 Å². The summed E-state index contributed by atoms with van der Waals surface area (Å²) in [5, 5.41) is 5.40. The molecule has 4 rings (SSSR count). The quantitative estimate of drug-likeness (QED) is 0.203. The molecule has 1 heterocycles. The molecule has 216 valence electrons. The monoisotopic (exact) mass is 576 g/mol. The fourth-order valence-electron chi connectivity index (χ4n) is 4.17. The van der Waals surface area contributed by atoms with Crippen LogP contribution in [-0.2, 0) is 16.0 Å². The molecule has 1 aliphatic heterocycles. The van der Waals surface area contributed by atoms with Crippen molar-refractivity contribution in [3.8, 4) is 28.4 Å². The molecule has 0 amide bonds. The second-order valence-corrected chi connectivity index (χ2v) is 9.32. The van der Waals surface area contributed by atoms with Gasteiger partial charge in [-0.3, -0.25) is 4.79 Å². The number of hydrogen-bond acceptors (Lipinski definition) is 7. The highest BCUT2D eigenvalue weighted by atomic mass is 35.5. The van der Waals surface area contributed by atoms with Crippen molar-refractivity contribution < 1.29 is 32.5 Å². The van der Waals surface area contributed by atoms with Gasteiger partial charge >= 0.3 is 0 Å². The van der Waals surface area contributed by atoms with Gasteiger partial charge in [0.05, 0.1) is 11.6 Å². The number of aldehydes is 1. The third-order valence-electron chi connectivity index (χ3n) is 5.91. The Balaban J connectivity index is 0.00000141. The molecule has 2 N–H and O–H groups in total. The molecule has 0 saturated carbocycles. The number of carbonyl (C=O) groups is 1. The van der Waals surface area contributed by atoms with E-state index in [0.717, 1.165) is 25.3 Å². The molecule has 0 aromatic heterocycles. The number of rotatable bonds is 11. The van der Waals surface area contributed by atoms with Gasteiger partial charge in [-0.15, -0.1) is 0 Å². The Labute approximate surface area is 238 Å². The predicted octanol–water partition coefficient (Wildman–Crippen LogP) is 6.37. The first-order valence-electron chi connectivity index (χ1n) is 13.1. The third kappa shape index (κ3) is 8.22. The molecular weight excluding hydrogens is 542 g/mol. The molecule has 3 aromatic carbocycles. The number of para-hydroxylation sites is 1. The zero-order chi connectivity index (χ0) is 28.9. The molecule has 7 nitrogen and oxygen atoms in total. The van der Waals surface area contributed by atoms with Crippen LogP contribution in [0, 0.1) is 11.6 Å². The highest BCUT2D eigenvalue weighted by molar-refractivity contribution is 6.34. The Morgan fingerprint density at radius 2 is 1.77 bits per heavy atom. The number of carbonyl (C=O) groups excluding carboxylic acids is 1. The van der Waals surface area contributed by atoms with E-state index in [1.807, 2.05) is 20.2 Å². The number of hydrogen-bond donors (Lipinski definition) is 2. The molecular formula is C30H35ClF2N2O5. The summed E-state index contributed by atoms with van der Waals surface area (Å²) < 4.78 is 53.6. The summed E-state index contributed by atoms with van der Waals surface area (Å²) in [5.41, 5.74) is 0.220. The minimum absolute atomic E-state index is 0.00720. The van der Waals surface area contributed by atoms with Gasteiger partial charge in [-0.2, -0.15) is 0 Å². The van der Waals surface area contributed by atoms with Crippen molar-refractivity contribution in [1.82, 2.24) is 10.6 Å². The summed E-state index contributed by atoms with van der Waals surface area (Å²) in [6.07, 6.45) is 3.02. The zero-order valence-electron chi connectivity index (χ0n) is 22.9. The summed E-state index contributed by atoms with van der Waals surface area (Å²) in [4.78, 5) is 11.9. The average molecular weight is 577 g/mol. The van der Waals surface area contributed by atoms with Crippen LogP contribution >= 0.6 is 11.6 Å². The Kier molecular flexibility index (Phi) is 12.8. The molecule has 1 saturated heterocycles. The smallest absolute Gasteiger partial charge is 0.173 e. The summed E-state index contributed by atoms with van der Waals surface area (Å²) in [6, 6.07) is 12.7. The molecule has 1 atom stereocenters. The van der Waals surface area contributed by atoms with E-state index in [1.165, 1.54) is 12.1 Å². The SMILES string of the molecule is CNC.CNCc1c(Oc2ccccc2)cc(F)c(Cl)c1-c1c(C=O)ccc(OCCOC2CCCCO2)c1F. The Morgan fingerprint density at radius 1 is 1.02 bits per heavy atom. The van der Waals surface area contributed by atoms with Crippen molar-refractivity contribution in [1.29, 1.82) is 0 Å². The lowest BCUT2D eigenvalue weighted by Crippen LogP contribution is -2.24. The summed E-state index contributed by atoms with van der Waals surface area (Å²) >= 11 is 6.39. The molecule has 1 aliphatic rings. The molecule has 1 fully saturated rings. The van der Waals surface area contributed by atoms with Gasteiger partial charge < -0.3 is 29.6 Å². The van der Waals surface area contributed by atoms with Gasteiger partial charge in [0.2, 0.25) is 0 Å². The van der Waals surface area contributed by atoms with E-state index in [-0.39, 0.29) is 59.3 Å². The lowest BCUT2D eigenvalue weighted by molar-refractivity contribution is -0.165. The Morgan fingerprint density at radius 3 is 2.42 bits per heavy atom. The topological polar surface area (TPSA) is 78.1 Å².